The van der Waals surface area contributed by atoms with Gasteiger partial charge in [-0.25, -0.2) is 4.98 Å². The number of hydrogen-bond acceptors (Lipinski definition) is 2. The van der Waals surface area contributed by atoms with Gasteiger partial charge in [-0.2, -0.15) is 0 Å². The molecule has 0 aliphatic heterocycles. The Bertz CT molecular complexity index is 346. The van der Waals surface area contributed by atoms with Crippen molar-refractivity contribution >= 4 is 5.82 Å². The molecule has 3 heteroatoms. The van der Waals surface area contributed by atoms with Crippen molar-refractivity contribution in [1.29, 1.82) is 0 Å². The Hall–Kier alpha value is -0.990. The number of anilines is 1. The third kappa shape index (κ3) is 1.75. The average molecular weight is 207 g/mol. The lowest BCUT2D eigenvalue weighted by Gasteiger charge is -2.17. The van der Waals surface area contributed by atoms with Crippen molar-refractivity contribution in [2.24, 2.45) is 0 Å². The van der Waals surface area contributed by atoms with Crippen LogP contribution in [0.4, 0.5) is 5.82 Å². The van der Waals surface area contributed by atoms with Gasteiger partial charge >= 0.3 is 0 Å². The summed E-state index contributed by atoms with van der Waals surface area (Å²) in [6.07, 6.45) is 5.24. The van der Waals surface area contributed by atoms with E-state index in [1.165, 1.54) is 31.5 Å². The molecule has 0 unspecified atom stereocenters. The van der Waals surface area contributed by atoms with Gasteiger partial charge in [-0.05, 0) is 33.6 Å². The summed E-state index contributed by atoms with van der Waals surface area (Å²) in [5, 5.41) is 0. The number of imidazole rings is 1. The van der Waals surface area contributed by atoms with Gasteiger partial charge < -0.3 is 10.3 Å². The highest BCUT2D eigenvalue weighted by molar-refractivity contribution is 5.38. The Morgan fingerprint density at radius 3 is 2.47 bits per heavy atom. The third-order valence-corrected chi connectivity index (χ3v) is 3.40. The van der Waals surface area contributed by atoms with Crippen molar-refractivity contribution in [3.05, 3.63) is 11.5 Å². The van der Waals surface area contributed by atoms with Crippen molar-refractivity contribution in [1.82, 2.24) is 9.55 Å². The van der Waals surface area contributed by atoms with E-state index in [1.807, 2.05) is 6.92 Å². The molecule has 2 N–H and O–H groups in total. The van der Waals surface area contributed by atoms with Crippen molar-refractivity contribution in [2.45, 2.75) is 58.4 Å². The third-order valence-electron chi connectivity index (χ3n) is 3.40. The second-order valence-corrected chi connectivity index (χ2v) is 4.89. The molecular weight excluding hydrogens is 186 g/mol. The number of aryl methyl sites for hydroxylation is 1. The SMILES string of the molecule is Cc1nc(C2CCCC2)n(C(C)C)c1N. The molecule has 0 spiro atoms. The van der Waals surface area contributed by atoms with Crippen LogP contribution in [-0.4, -0.2) is 9.55 Å². The Balaban J connectivity index is 2.40. The Kier molecular flexibility index (Phi) is 2.72. The molecule has 0 aromatic carbocycles. The van der Waals surface area contributed by atoms with Gasteiger partial charge in [0.2, 0.25) is 0 Å². The number of rotatable bonds is 2. The van der Waals surface area contributed by atoms with E-state index in [-0.39, 0.29) is 0 Å². The molecule has 1 aliphatic carbocycles. The van der Waals surface area contributed by atoms with E-state index in [4.69, 9.17) is 5.73 Å². The first-order valence-electron chi connectivity index (χ1n) is 5.95. The fraction of sp³-hybridized carbons (Fsp3) is 0.750. The van der Waals surface area contributed by atoms with E-state index in [1.54, 1.807) is 0 Å². The second-order valence-electron chi connectivity index (χ2n) is 4.89. The first-order valence-corrected chi connectivity index (χ1v) is 5.95. The molecule has 1 saturated carbocycles. The van der Waals surface area contributed by atoms with Crippen molar-refractivity contribution < 1.29 is 0 Å². The summed E-state index contributed by atoms with van der Waals surface area (Å²) in [6.45, 7) is 6.36. The highest BCUT2D eigenvalue weighted by atomic mass is 15.2. The first-order chi connectivity index (χ1) is 7.11. The predicted octanol–water partition coefficient (Wildman–Crippen LogP) is 3.01. The van der Waals surface area contributed by atoms with Gasteiger partial charge in [0.1, 0.15) is 11.6 Å². The summed E-state index contributed by atoms with van der Waals surface area (Å²) in [7, 11) is 0. The molecule has 1 heterocycles. The number of nitrogens with zero attached hydrogens (tertiary/aromatic N) is 2. The van der Waals surface area contributed by atoms with Crippen LogP contribution in [-0.2, 0) is 0 Å². The fourth-order valence-corrected chi connectivity index (χ4v) is 2.60. The van der Waals surface area contributed by atoms with Gasteiger partial charge in [-0.15, -0.1) is 0 Å². The molecule has 1 fully saturated rings. The largest absolute Gasteiger partial charge is 0.384 e. The number of aromatic nitrogens is 2. The molecule has 1 aliphatic rings. The summed E-state index contributed by atoms with van der Waals surface area (Å²) in [5.74, 6) is 2.72. The van der Waals surface area contributed by atoms with E-state index in [0.717, 1.165) is 11.5 Å². The monoisotopic (exact) mass is 207 g/mol. The van der Waals surface area contributed by atoms with Gasteiger partial charge in [0, 0.05) is 12.0 Å². The van der Waals surface area contributed by atoms with Crippen molar-refractivity contribution in [3.8, 4) is 0 Å². The van der Waals surface area contributed by atoms with Gasteiger partial charge in [0.15, 0.2) is 0 Å². The van der Waals surface area contributed by atoms with Crippen LogP contribution in [0.2, 0.25) is 0 Å². The van der Waals surface area contributed by atoms with Crippen LogP contribution in [0.25, 0.3) is 0 Å². The molecule has 1 aromatic heterocycles. The molecular formula is C12H21N3. The van der Waals surface area contributed by atoms with Gasteiger partial charge in [0.25, 0.3) is 0 Å². The molecule has 0 radical (unpaired) electrons. The van der Waals surface area contributed by atoms with Crippen LogP contribution in [0.1, 0.15) is 63.0 Å². The Morgan fingerprint density at radius 2 is 1.93 bits per heavy atom. The quantitative estimate of drug-likeness (QED) is 0.810. The molecule has 2 rings (SSSR count). The molecule has 0 amide bonds. The van der Waals surface area contributed by atoms with Gasteiger partial charge in [-0.3, -0.25) is 0 Å². The van der Waals surface area contributed by atoms with E-state index in [9.17, 15) is 0 Å². The lowest BCUT2D eigenvalue weighted by atomic mass is 10.1. The minimum absolute atomic E-state index is 0.418. The van der Waals surface area contributed by atoms with Crippen LogP contribution in [0.3, 0.4) is 0 Å². The predicted molar refractivity (Wildman–Crippen MR) is 63.0 cm³/mol. The fourth-order valence-electron chi connectivity index (χ4n) is 2.60. The Morgan fingerprint density at radius 1 is 1.33 bits per heavy atom. The standard InChI is InChI=1S/C12H21N3/c1-8(2)15-11(13)9(3)14-12(15)10-6-4-5-7-10/h8,10H,4-7,13H2,1-3H3. The van der Waals surface area contributed by atoms with E-state index in [0.29, 0.717) is 12.0 Å². The summed E-state index contributed by atoms with van der Waals surface area (Å²) >= 11 is 0. The van der Waals surface area contributed by atoms with Crippen molar-refractivity contribution in [3.63, 3.8) is 0 Å². The summed E-state index contributed by atoms with van der Waals surface area (Å²) in [4.78, 5) is 4.65. The van der Waals surface area contributed by atoms with Crippen molar-refractivity contribution in [2.75, 3.05) is 5.73 Å². The maximum atomic E-state index is 6.07. The summed E-state index contributed by atoms with van der Waals surface area (Å²) in [6, 6.07) is 0.418. The van der Waals surface area contributed by atoms with Crippen LogP contribution in [0, 0.1) is 6.92 Å². The number of nitrogen functional groups attached to an aromatic ring is 1. The minimum atomic E-state index is 0.418. The highest BCUT2D eigenvalue weighted by Gasteiger charge is 2.25. The molecule has 1 aromatic rings. The normalized spacial score (nSPS) is 17.9. The molecule has 0 saturated heterocycles. The average Bonchev–Trinajstić information content (AvgIpc) is 2.75. The van der Waals surface area contributed by atoms with Crippen LogP contribution in [0.15, 0.2) is 0 Å². The Labute approximate surface area is 91.7 Å². The molecule has 15 heavy (non-hydrogen) atoms. The van der Waals surface area contributed by atoms with Crippen LogP contribution >= 0.6 is 0 Å². The van der Waals surface area contributed by atoms with Gasteiger partial charge in [-0.1, -0.05) is 12.8 Å². The lowest BCUT2D eigenvalue weighted by Crippen LogP contribution is -2.11. The zero-order valence-corrected chi connectivity index (χ0v) is 9.95. The zero-order valence-electron chi connectivity index (χ0n) is 9.95. The minimum Gasteiger partial charge on any atom is -0.384 e. The molecule has 0 atom stereocenters. The maximum Gasteiger partial charge on any atom is 0.126 e. The van der Waals surface area contributed by atoms with E-state index < -0.39 is 0 Å². The van der Waals surface area contributed by atoms with Gasteiger partial charge in [0.05, 0.1) is 5.69 Å². The summed E-state index contributed by atoms with van der Waals surface area (Å²) < 4.78 is 2.21. The molecule has 3 nitrogen and oxygen atoms in total. The molecule has 0 bridgehead atoms. The molecule has 84 valence electrons. The maximum absolute atomic E-state index is 6.07. The number of hydrogen-bond donors (Lipinski definition) is 1. The zero-order chi connectivity index (χ0) is 11.0. The van der Waals surface area contributed by atoms with E-state index in [2.05, 4.69) is 23.4 Å². The first kappa shape index (κ1) is 10.5. The number of nitrogens with two attached hydrogens (primary N) is 1. The van der Waals surface area contributed by atoms with Crippen LogP contribution < -0.4 is 5.73 Å². The topological polar surface area (TPSA) is 43.8 Å². The summed E-state index contributed by atoms with van der Waals surface area (Å²) in [5.41, 5.74) is 7.06. The highest BCUT2D eigenvalue weighted by Crippen LogP contribution is 2.36. The van der Waals surface area contributed by atoms with E-state index >= 15 is 0 Å². The lowest BCUT2D eigenvalue weighted by molar-refractivity contribution is 0.534. The van der Waals surface area contributed by atoms with Crippen LogP contribution in [0.5, 0.6) is 0 Å². The smallest absolute Gasteiger partial charge is 0.126 e. The second kappa shape index (κ2) is 3.87.